The Hall–Kier alpha value is -6.00. The number of amides is 2. The van der Waals surface area contributed by atoms with Crippen molar-refractivity contribution in [3.05, 3.63) is 122 Å². The third kappa shape index (κ3) is 6.80. The maximum absolute atomic E-state index is 15.0. The number of hydrogen-bond acceptors (Lipinski definition) is 11. The number of hydrogen-bond donors (Lipinski definition) is 2. The van der Waals surface area contributed by atoms with Gasteiger partial charge >= 0.3 is 12.1 Å². The summed E-state index contributed by atoms with van der Waals surface area (Å²) < 4.78 is 39.6. The van der Waals surface area contributed by atoms with Gasteiger partial charge in [0.05, 0.1) is 48.3 Å². The third-order valence-corrected chi connectivity index (χ3v) is 12.1. The molecule has 5 heterocycles. The summed E-state index contributed by atoms with van der Waals surface area (Å²) >= 11 is 0. The van der Waals surface area contributed by atoms with Gasteiger partial charge in [0.2, 0.25) is 5.91 Å². The van der Waals surface area contributed by atoms with Crippen molar-refractivity contribution in [3.8, 4) is 22.5 Å². The van der Waals surface area contributed by atoms with Crippen LogP contribution in [-0.4, -0.2) is 95.2 Å². The Labute approximate surface area is 344 Å². The summed E-state index contributed by atoms with van der Waals surface area (Å²) in [5, 5.41) is 14.8. The standard InChI is InChI=1S/C45H44FN5O9/c1-4-45(56)35-16-38-40-33(20-51(38)42(53)34(35)23-59-43(45)54)32(31-15-25(2)36(46)17-37(31)48-40)19-50-13-14-58-26(18-50)22-57-24-47-39(52)21-49(3)44(55)60-41-29-11-7-5-9-27(29)28-10-6-8-12-30(28)41/h5-12,15-17,26,41,56H,4,13-14,18-24H2,1-3H3,(H,47,52)/t26-,45-/m0/s1. The van der Waals surface area contributed by atoms with Gasteiger partial charge in [0.15, 0.2) is 11.7 Å². The van der Waals surface area contributed by atoms with Crippen LogP contribution in [0, 0.1) is 12.7 Å². The third-order valence-electron chi connectivity index (χ3n) is 12.1. The average molecular weight is 818 g/mol. The molecule has 9 rings (SSSR count). The monoisotopic (exact) mass is 817 g/mol. The quantitative estimate of drug-likeness (QED) is 0.113. The van der Waals surface area contributed by atoms with Gasteiger partial charge in [0.25, 0.3) is 5.56 Å². The zero-order chi connectivity index (χ0) is 41.9. The summed E-state index contributed by atoms with van der Waals surface area (Å²) in [4.78, 5) is 60.8. The molecule has 1 fully saturated rings. The Morgan fingerprint density at radius 3 is 2.53 bits per heavy atom. The van der Waals surface area contributed by atoms with Crippen LogP contribution >= 0.6 is 0 Å². The van der Waals surface area contributed by atoms with Gasteiger partial charge in [-0.05, 0) is 47.7 Å². The van der Waals surface area contributed by atoms with Crippen molar-refractivity contribution in [2.24, 2.45) is 0 Å². The van der Waals surface area contributed by atoms with Crippen LogP contribution in [0.2, 0.25) is 0 Å². The molecule has 2 amide bonds. The summed E-state index contributed by atoms with van der Waals surface area (Å²) in [5.74, 6) is -1.63. The smallest absolute Gasteiger partial charge is 0.410 e. The van der Waals surface area contributed by atoms with Crippen LogP contribution in [0.1, 0.15) is 58.4 Å². The number of nitrogens with one attached hydrogen (secondary N) is 1. The van der Waals surface area contributed by atoms with E-state index in [2.05, 4.69) is 10.2 Å². The number of likely N-dealkylation sites (N-methyl/N-ethyl adjacent to an activating group) is 1. The number of ether oxygens (including phenoxy) is 4. The van der Waals surface area contributed by atoms with E-state index >= 15 is 4.39 Å². The number of aromatic nitrogens is 2. The first-order valence-electron chi connectivity index (χ1n) is 20.0. The Bertz CT molecular complexity index is 2600. The van der Waals surface area contributed by atoms with Gasteiger partial charge in [-0.25, -0.2) is 19.0 Å². The van der Waals surface area contributed by atoms with E-state index in [-0.39, 0.29) is 62.2 Å². The molecule has 2 N–H and O–H groups in total. The summed E-state index contributed by atoms with van der Waals surface area (Å²) in [5.41, 5.74) is 5.42. The first-order valence-corrected chi connectivity index (χ1v) is 20.0. The molecule has 2 atom stereocenters. The lowest BCUT2D eigenvalue weighted by Crippen LogP contribution is -2.45. The van der Waals surface area contributed by atoms with Gasteiger partial charge in [-0.1, -0.05) is 55.5 Å². The summed E-state index contributed by atoms with van der Waals surface area (Å²) in [6, 6.07) is 20.4. The molecule has 15 heteroatoms. The normalized spacial score (nSPS) is 19.2. The van der Waals surface area contributed by atoms with Gasteiger partial charge in [-0.3, -0.25) is 14.5 Å². The maximum atomic E-state index is 15.0. The van der Waals surface area contributed by atoms with Gasteiger partial charge in [-0.2, -0.15) is 0 Å². The molecule has 1 saturated heterocycles. The lowest BCUT2D eigenvalue weighted by molar-refractivity contribution is -0.172. The summed E-state index contributed by atoms with van der Waals surface area (Å²) in [7, 11) is 1.51. The average Bonchev–Trinajstić information content (AvgIpc) is 3.77. The predicted molar refractivity (Wildman–Crippen MR) is 216 cm³/mol. The van der Waals surface area contributed by atoms with Crippen LogP contribution < -0.4 is 10.9 Å². The molecule has 3 aliphatic heterocycles. The van der Waals surface area contributed by atoms with E-state index in [1.807, 2.05) is 48.5 Å². The van der Waals surface area contributed by atoms with E-state index in [9.17, 15) is 24.3 Å². The molecule has 1 aliphatic carbocycles. The highest BCUT2D eigenvalue weighted by atomic mass is 19.1. The molecule has 4 aliphatic rings. The Morgan fingerprint density at radius 1 is 1.07 bits per heavy atom. The minimum Gasteiger partial charge on any atom is -0.458 e. The maximum Gasteiger partial charge on any atom is 0.410 e. The van der Waals surface area contributed by atoms with Crippen LogP contribution in [0.5, 0.6) is 0 Å². The van der Waals surface area contributed by atoms with Crippen LogP contribution in [-0.2, 0) is 53.8 Å². The Morgan fingerprint density at radius 2 is 1.80 bits per heavy atom. The zero-order valence-corrected chi connectivity index (χ0v) is 33.5. The van der Waals surface area contributed by atoms with Crippen LogP contribution in [0.25, 0.3) is 33.4 Å². The number of benzene rings is 3. The number of esters is 1. The van der Waals surface area contributed by atoms with Gasteiger partial charge in [0.1, 0.15) is 25.7 Å². The number of rotatable bonds is 10. The van der Waals surface area contributed by atoms with E-state index < -0.39 is 35.5 Å². The molecule has 0 spiro atoms. The topological polar surface area (TPSA) is 162 Å². The fraction of sp³-hybridized carbons (Fsp3) is 0.356. The SMILES string of the molecule is CC[C@@]1(O)C(=O)OCc2c1cc1n(c2=O)Cc2c-1nc1cc(F)c(C)cc1c2CN1CCO[C@H](COCNC(=O)CN(C)C(=O)OC2c3ccccc3-c3ccccc32)C1. The van der Waals surface area contributed by atoms with E-state index in [1.165, 1.54) is 18.0 Å². The highest BCUT2D eigenvalue weighted by molar-refractivity contribution is 5.90. The van der Waals surface area contributed by atoms with Crippen LogP contribution in [0.15, 0.2) is 71.5 Å². The molecule has 3 aromatic carbocycles. The van der Waals surface area contributed by atoms with Crippen molar-refractivity contribution in [1.29, 1.82) is 0 Å². The van der Waals surface area contributed by atoms with Gasteiger partial charge < -0.3 is 38.8 Å². The number of pyridine rings is 2. The molecule has 0 unspecified atom stereocenters. The van der Waals surface area contributed by atoms with E-state index in [0.717, 1.165) is 38.8 Å². The lowest BCUT2D eigenvalue weighted by atomic mass is 9.86. The van der Waals surface area contributed by atoms with E-state index in [4.69, 9.17) is 23.9 Å². The number of cyclic esters (lactones) is 1. The lowest BCUT2D eigenvalue weighted by Gasteiger charge is -2.33. The molecule has 60 heavy (non-hydrogen) atoms. The number of aryl methyl sites for hydroxylation is 1. The van der Waals surface area contributed by atoms with E-state index in [0.29, 0.717) is 48.7 Å². The molecule has 5 aromatic rings. The minimum atomic E-state index is -1.97. The highest BCUT2D eigenvalue weighted by Gasteiger charge is 2.45. The number of carbonyl (C=O) groups is 3. The number of aliphatic hydroxyl groups is 1. The molecule has 0 radical (unpaired) electrons. The van der Waals surface area contributed by atoms with Crippen molar-refractivity contribution in [3.63, 3.8) is 0 Å². The summed E-state index contributed by atoms with van der Waals surface area (Å²) in [6.45, 7) is 5.09. The van der Waals surface area contributed by atoms with Crippen LogP contribution in [0.4, 0.5) is 9.18 Å². The number of morpholine rings is 1. The molecular formula is C45H44FN5O9. The minimum absolute atomic E-state index is 0.0181. The molecule has 0 bridgehead atoms. The fourth-order valence-corrected chi connectivity index (χ4v) is 8.81. The predicted octanol–water partition coefficient (Wildman–Crippen LogP) is 4.66. The molecule has 2 aromatic heterocycles. The number of nitrogens with zero attached hydrogens (tertiary/aromatic N) is 4. The molecule has 0 saturated carbocycles. The van der Waals surface area contributed by atoms with Crippen molar-refractivity contribution in [1.82, 2.24) is 24.7 Å². The van der Waals surface area contributed by atoms with E-state index in [1.54, 1.807) is 30.5 Å². The number of halogens is 1. The Balaban J connectivity index is 0.841. The molecule has 310 valence electrons. The second kappa shape index (κ2) is 15.6. The number of carbonyl (C=O) groups excluding carboxylic acids is 3. The van der Waals surface area contributed by atoms with Crippen molar-refractivity contribution >= 4 is 28.9 Å². The van der Waals surface area contributed by atoms with Gasteiger partial charge in [-0.15, -0.1) is 0 Å². The zero-order valence-electron chi connectivity index (χ0n) is 33.5. The first-order chi connectivity index (χ1) is 28.9. The molecular weight excluding hydrogens is 774 g/mol. The van der Waals surface area contributed by atoms with Crippen LogP contribution in [0.3, 0.4) is 0 Å². The largest absolute Gasteiger partial charge is 0.458 e. The molecule has 14 nitrogen and oxygen atoms in total. The number of fused-ring (bicyclic) bond motifs is 8. The van der Waals surface area contributed by atoms with Gasteiger partial charge in [0, 0.05) is 60.4 Å². The van der Waals surface area contributed by atoms with Crippen molar-refractivity contribution in [2.45, 2.75) is 57.8 Å². The highest BCUT2D eigenvalue weighted by Crippen LogP contribution is 2.45. The Kier molecular flexibility index (Phi) is 10.2. The van der Waals surface area contributed by atoms with Crippen molar-refractivity contribution in [2.75, 3.05) is 46.6 Å². The summed E-state index contributed by atoms with van der Waals surface area (Å²) in [6.07, 6.45) is -1.51. The first kappa shape index (κ1) is 39.5. The second-order valence-electron chi connectivity index (χ2n) is 15.8. The second-order valence-corrected chi connectivity index (χ2v) is 15.8. The fourth-order valence-electron chi connectivity index (χ4n) is 8.81. The van der Waals surface area contributed by atoms with Crippen molar-refractivity contribution < 1.29 is 42.8 Å².